The molecule has 0 bridgehead atoms. The number of hydrogen-bond acceptors (Lipinski definition) is 4. The van der Waals surface area contributed by atoms with Gasteiger partial charge in [0.05, 0.1) is 11.3 Å². The van der Waals surface area contributed by atoms with Crippen molar-refractivity contribution in [2.75, 3.05) is 0 Å². The predicted molar refractivity (Wildman–Crippen MR) is 96.1 cm³/mol. The van der Waals surface area contributed by atoms with Gasteiger partial charge in [0.15, 0.2) is 0 Å². The summed E-state index contributed by atoms with van der Waals surface area (Å²) in [6, 6.07) is 0. The molecule has 0 aliphatic heterocycles. The van der Waals surface area contributed by atoms with E-state index in [4.69, 9.17) is 9.47 Å². The van der Waals surface area contributed by atoms with Crippen LogP contribution in [0.2, 0.25) is 6.32 Å². The molecule has 0 amide bonds. The topological polar surface area (TPSA) is 52.6 Å². The number of esters is 2. The lowest BCUT2D eigenvalue weighted by molar-refractivity contribution is -0.176. The fraction of sp³-hybridized carbons (Fsp3) is 0.889. The normalized spacial score (nSPS) is 16.6. The molecular formula is C18H35BO4. The Balaban J connectivity index is 5.08. The average Bonchev–Trinajstić information content (AvgIpc) is 2.34. The highest BCUT2D eigenvalue weighted by molar-refractivity contribution is 6.11. The minimum atomic E-state index is -0.720. The van der Waals surface area contributed by atoms with Crippen LogP contribution in [-0.4, -0.2) is 31.0 Å². The molecule has 23 heavy (non-hydrogen) atoms. The third-order valence-electron chi connectivity index (χ3n) is 4.24. The zero-order chi connectivity index (χ0) is 18.6. The molecule has 0 aromatic heterocycles. The van der Waals surface area contributed by atoms with E-state index in [-0.39, 0.29) is 23.8 Å². The van der Waals surface area contributed by atoms with Gasteiger partial charge in [-0.15, -0.1) is 0 Å². The SMILES string of the molecule is BC[C@@](C)(CC(C)(C)OC(=O)C(C)C(C)C)C(=O)OC(C)(C)C. The Labute approximate surface area is 143 Å². The smallest absolute Gasteiger partial charge is 0.311 e. The van der Waals surface area contributed by atoms with Crippen LogP contribution in [0.3, 0.4) is 0 Å². The van der Waals surface area contributed by atoms with Crippen molar-refractivity contribution in [1.29, 1.82) is 0 Å². The Bertz CT molecular complexity index is 423. The van der Waals surface area contributed by atoms with Gasteiger partial charge in [-0.2, -0.15) is 0 Å². The Morgan fingerprint density at radius 1 is 0.957 bits per heavy atom. The lowest BCUT2D eigenvalue weighted by atomic mass is 9.71. The van der Waals surface area contributed by atoms with Crippen LogP contribution in [0.1, 0.15) is 68.7 Å². The van der Waals surface area contributed by atoms with Crippen molar-refractivity contribution < 1.29 is 19.1 Å². The lowest BCUT2D eigenvalue weighted by Gasteiger charge is -2.37. The van der Waals surface area contributed by atoms with Gasteiger partial charge >= 0.3 is 11.9 Å². The van der Waals surface area contributed by atoms with E-state index in [0.29, 0.717) is 12.7 Å². The summed E-state index contributed by atoms with van der Waals surface area (Å²) in [6.07, 6.45) is 1.06. The van der Waals surface area contributed by atoms with Crippen LogP contribution in [0.25, 0.3) is 0 Å². The maximum absolute atomic E-state index is 12.6. The molecule has 0 spiro atoms. The van der Waals surface area contributed by atoms with E-state index >= 15 is 0 Å². The molecule has 0 aromatic carbocycles. The van der Waals surface area contributed by atoms with Crippen LogP contribution >= 0.6 is 0 Å². The van der Waals surface area contributed by atoms with E-state index in [1.54, 1.807) is 0 Å². The van der Waals surface area contributed by atoms with Crippen molar-refractivity contribution in [3.63, 3.8) is 0 Å². The first-order valence-electron chi connectivity index (χ1n) is 8.60. The second-order valence-electron chi connectivity index (χ2n) is 8.81. The number of hydrogen-bond donors (Lipinski definition) is 0. The summed E-state index contributed by atoms with van der Waals surface area (Å²) in [5.41, 5.74) is -1.93. The molecule has 0 aliphatic rings. The summed E-state index contributed by atoms with van der Waals surface area (Å²) in [4.78, 5) is 24.8. The summed E-state index contributed by atoms with van der Waals surface area (Å²) in [6.45, 7) is 17.0. The second-order valence-corrected chi connectivity index (χ2v) is 8.81. The minimum absolute atomic E-state index is 0.163. The van der Waals surface area contributed by atoms with E-state index in [1.165, 1.54) is 0 Å². The van der Waals surface area contributed by atoms with Gasteiger partial charge in [0.25, 0.3) is 0 Å². The highest BCUT2D eigenvalue weighted by atomic mass is 16.6. The van der Waals surface area contributed by atoms with E-state index in [9.17, 15) is 9.59 Å². The molecule has 4 nitrogen and oxygen atoms in total. The fourth-order valence-electron chi connectivity index (χ4n) is 2.36. The molecule has 0 saturated heterocycles. The highest BCUT2D eigenvalue weighted by Gasteiger charge is 2.42. The van der Waals surface area contributed by atoms with Crippen molar-refractivity contribution in [1.82, 2.24) is 0 Å². The molecule has 0 rings (SSSR count). The number of ether oxygens (including phenoxy) is 2. The van der Waals surface area contributed by atoms with Gasteiger partial charge in [0.1, 0.15) is 19.0 Å². The first-order valence-corrected chi connectivity index (χ1v) is 8.60. The van der Waals surface area contributed by atoms with Crippen LogP contribution in [-0.2, 0) is 19.1 Å². The summed E-state index contributed by atoms with van der Waals surface area (Å²) >= 11 is 0. The van der Waals surface area contributed by atoms with E-state index in [2.05, 4.69) is 0 Å². The standard InChI is InChI=1S/C18H35BO4/c1-12(2)13(3)14(20)22-17(7,8)10-18(9,11-19)15(21)23-16(4,5)6/h12-13H,10-11,19H2,1-9H3/t13?,18-/m1/s1. The van der Waals surface area contributed by atoms with Gasteiger partial charge in [0, 0.05) is 6.42 Å². The molecule has 0 radical (unpaired) electrons. The first-order chi connectivity index (χ1) is 10.1. The quantitative estimate of drug-likeness (QED) is 0.531. The fourth-order valence-corrected chi connectivity index (χ4v) is 2.36. The third-order valence-corrected chi connectivity index (χ3v) is 4.24. The molecule has 0 aromatic rings. The zero-order valence-electron chi connectivity index (χ0n) is 16.7. The number of carbonyl (C=O) groups is 2. The number of rotatable bonds is 7. The zero-order valence-corrected chi connectivity index (χ0v) is 16.7. The molecule has 5 heteroatoms. The van der Waals surface area contributed by atoms with E-state index < -0.39 is 16.6 Å². The van der Waals surface area contributed by atoms with Crippen LogP contribution in [0, 0.1) is 17.3 Å². The van der Waals surface area contributed by atoms with Gasteiger partial charge in [-0.3, -0.25) is 9.59 Å². The van der Waals surface area contributed by atoms with Crippen molar-refractivity contribution in [3.05, 3.63) is 0 Å². The molecule has 0 N–H and O–H groups in total. The van der Waals surface area contributed by atoms with Crippen molar-refractivity contribution in [2.45, 2.75) is 86.3 Å². The van der Waals surface area contributed by atoms with Crippen LogP contribution in [0.4, 0.5) is 0 Å². The van der Waals surface area contributed by atoms with Crippen LogP contribution in [0.15, 0.2) is 0 Å². The van der Waals surface area contributed by atoms with Crippen LogP contribution in [0.5, 0.6) is 0 Å². The largest absolute Gasteiger partial charge is 0.460 e. The summed E-state index contributed by atoms with van der Waals surface area (Å²) in [5.74, 6) is -0.397. The molecular weight excluding hydrogens is 291 g/mol. The lowest BCUT2D eigenvalue weighted by Crippen LogP contribution is -2.43. The van der Waals surface area contributed by atoms with Crippen LogP contribution < -0.4 is 0 Å². The van der Waals surface area contributed by atoms with E-state index in [0.717, 1.165) is 0 Å². The molecule has 0 heterocycles. The maximum atomic E-state index is 12.6. The number of carbonyl (C=O) groups excluding carboxylic acids is 2. The Kier molecular flexibility index (Phi) is 7.38. The summed E-state index contributed by atoms with van der Waals surface area (Å²) in [5, 5.41) is 0. The molecule has 2 atom stereocenters. The van der Waals surface area contributed by atoms with Gasteiger partial charge in [0.2, 0.25) is 0 Å². The van der Waals surface area contributed by atoms with E-state index in [1.807, 2.05) is 70.2 Å². The first kappa shape index (κ1) is 22.0. The van der Waals surface area contributed by atoms with Crippen molar-refractivity contribution in [2.24, 2.45) is 17.3 Å². The van der Waals surface area contributed by atoms with Gasteiger partial charge in [-0.25, -0.2) is 0 Å². The maximum Gasteiger partial charge on any atom is 0.311 e. The molecule has 1 unspecified atom stereocenters. The van der Waals surface area contributed by atoms with Gasteiger partial charge < -0.3 is 9.47 Å². The highest BCUT2D eigenvalue weighted by Crippen LogP contribution is 2.36. The van der Waals surface area contributed by atoms with Gasteiger partial charge in [-0.1, -0.05) is 27.1 Å². The van der Waals surface area contributed by atoms with Crippen molar-refractivity contribution >= 4 is 19.8 Å². The summed E-state index contributed by atoms with van der Waals surface area (Å²) < 4.78 is 11.2. The third kappa shape index (κ3) is 7.41. The molecule has 0 aliphatic carbocycles. The molecule has 134 valence electrons. The monoisotopic (exact) mass is 326 g/mol. The molecule has 0 fully saturated rings. The van der Waals surface area contributed by atoms with Crippen molar-refractivity contribution in [3.8, 4) is 0 Å². The second kappa shape index (κ2) is 7.72. The van der Waals surface area contributed by atoms with Gasteiger partial charge in [-0.05, 0) is 47.5 Å². The Morgan fingerprint density at radius 2 is 1.43 bits per heavy atom. The minimum Gasteiger partial charge on any atom is -0.460 e. The molecule has 0 saturated carbocycles. The average molecular weight is 326 g/mol. The Morgan fingerprint density at radius 3 is 1.78 bits per heavy atom. The predicted octanol–water partition coefficient (Wildman–Crippen LogP) is 3.39. The summed E-state index contributed by atoms with van der Waals surface area (Å²) in [7, 11) is 1.96. The Hall–Kier alpha value is -0.995.